The number of benzene rings is 1. The molecule has 0 aliphatic carbocycles. The predicted molar refractivity (Wildman–Crippen MR) is 121 cm³/mol. The molecule has 0 spiro atoms. The van der Waals surface area contributed by atoms with E-state index >= 15 is 0 Å². The standard InChI is InChI=1S/C19H30FN5O2.HI/c1-14(2)12-25-8-9-27-17(13-25)10-22-19(21-3)23-11-18(26)24-16-6-4-15(20)5-7-16;/h4-7,14,17H,8-13H2,1-3H3,(H,24,26)(H2,21,22,23);1H. The summed E-state index contributed by atoms with van der Waals surface area (Å²) < 4.78 is 18.7. The van der Waals surface area contributed by atoms with Crippen LogP contribution in [0, 0.1) is 11.7 Å². The third-order valence-corrected chi connectivity index (χ3v) is 4.11. The number of nitrogens with one attached hydrogen (secondary N) is 3. The summed E-state index contributed by atoms with van der Waals surface area (Å²) >= 11 is 0. The molecule has 0 radical (unpaired) electrons. The molecule has 1 aromatic carbocycles. The first-order chi connectivity index (χ1) is 13.0. The Morgan fingerprint density at radius 2 is 2.04 bits per heavy atom. The van der Waals surface area contributed by atoms with Crippen LogP contribution in [0.1, 0.15) is 13.8 Å². The van der Waals surface area contributed by atoms with Crippen LogP contribution in [0.2, 0.25) is 0 Å². The van der Waals surface area contributed by atoms with Crippen molar-refractivity contribution in [3.05, 3.63) is 30.1 Å². The van der Waals surface area contributed by atoms with Gasteiger partial charge in [-0.05, 0) is 30.2 Å². The summed E-state index contributed by atoms with van der Waals surface area (Å²) in [6.45, 7) is 8.74. The van der Waals surface area contributed by atoms with E-state index in [0.717, 1.165) is 26.2 Å². The molecular formula is C19H31FIN5O2. The number of carbonyl (C=O) groups excluding carboxylic acids is 1. The number of ether oxygens (including phenoxy) is 1. The van der Waals surface area contributed by atoms with Crippen molar-refractivity contribution in [2.24, 2.45) is 10.9 Å². The fourth-order valence-corrected chi connectivity index (χ4v) is 2.92. The summed E-state index contributed by atoms with van der Waals surface area (Å²) in [5, 5.41) is 8.86. The number of guanidine groups is 1. The molecule has 3 N–H and O–H groups in total. The molecule has 1 atom stereocenters. The van der Waals surface area contributed by atoms with Crippen molar-refractivity contribution in [2.75, 3.05) is 51.7 Å². The Bertz CT molecular complexity index is 627. The highest BCUT2D eigenvalue weighted by Crippen LogP contribution is 2.08. The maximum atomic E-state index is 12.9. The van der Waals surface area contributed by atoms with Crippen LogP contribution in [0.5, 0.6) is 0 Å². The van der Waals surface area contributed by atoms with Crippen molar-refractivity contribution >= 4 is 41.5 Å². The lowest BCUT2D eigenvalue weighted by atomic mass is 10.2. The van der Waals surface area contributed by atoms with Gasteiger partial charge in [0, 0.05) is 38.9 Å². The van der Waals surface area contributed by atoms with E-state index in [2.05, 4.69) is 39.7 Å². The number of anilines is 1. The highest BCUT2D eigenvalue weighted by molar-refractivity contribution is 14.0. The first-order valence-corrected chi connectivity index (χ1v) is 9.30. The lowest BCUT2D eigenvalue weighted by Crippen LogP contribution is -2.50. The van der Waals surface area contributed by atoms with Gasteiger partial charge in [0.05, 0.1) is 19.3 Å². The van der Waals surface area contributed by atoms with Gasteiger partial charge in [-0.25, -0.2) is 4.39 Å². The van der Waals surface area contributed by atoms with Crippen molar-refractivity contribution in [2.45, 2.75) is 20.0 Å². The number of halogens is 2. The summed E-state index contributed by atoms with van der Waals surface area (Å²) in [6, 6.07) is 5.64. The maximum absolute atomic E-state index is 12.9. The quantitative estimate of drug-likeness (QED) is 0.299. The lowest BCUT2D eigenvalue weighted by molar-refractivity contribution is -0.115. The number of aliphatic imine (C=N–C) groups is 1. The maximum Gasteiger partial charge on any atom is 0.243 e. The Morgan fingerprint density at radius 1 is 1.32 bits per heavy atom. The van der Waals surface area contributed by atoms with Crippen molar-refractivity contribution in [1.82, 2.24) is 15.5 Å². The van der Waals surface area contributed by atoms with Crippen LogP contribution in [-0.4, -0.2) is 69.2 Å². The van der Waals surface area contributed by atoms with Gasteiger partial charge >= 0.3 is 0 Å². The van der Waals surface area contributed by atoms with Crippen LogP contribution in [0.25, 0.3) is 0 Å². The molecule has 1 unspecified atom stereocenters. The summed E-state index contributed by atoms with van der Waals surface area (Å²) in [5.41, 5.74) is 0.548. The molecule has 1 aliphatic rings. The Hall–Kier alpha value is -1.46. The molecule has 1 aliphatic heterocycles. The Balaban J connectivity index is 0.00000392. The van der Waals surface area contributed by atoms with Crippen LogP contribution in [-0.2, 0) is 9.53 Å². The molecule has 1 amide bonds. The van der Waals surface area contributed by atoms with Crippen molar-refractivity contribution in [3.63, 3.8) is 0 Å². The van der Waals surface area contributed by atoms with E-state index in [1.54, 1.807) is 7.05 Å². The van der Waals surface area contributed by atoms with E-state index < -0.39 is 0 Å². The molecule has 0 aromatic heterocycles. The molecule has 1 fully saturated rings. The van der Waals surface area contributed by atoms with Gasteiger partial charge < -0.3 is 20.7 Å². The molecule has 0 bridgehead atoms. The largest absolute Gasteiger partial charge is 0.374 e. The predicted octanol–water partition coefficient (Wildman–Crippen LogP) is 1.90. The van der Waals surface area contributed by atoms with Crippen LogP contribution >= 0.6 is 24.0 Å². The molecule has 1 saturated heterocycles. The molecular weight excluding hydrogens is 476 g/mol. The van der Waals surface area contributed by atoms with Crippen LogP contribution in [0.15, 0.2) is 29.3 Å². The third-order valence-electron chi connectivity index (χ3n) is 4.11. The van der Waals surface area contributed by atoms with Gasteiger partial charge in [0.25, 0.3) is 0 Å². The van der Waals surface area contributed by atoms with Crippen LogP contribution in [0.3, 0.4) is 0 Å². The van der Waals surface area contributed by atoms with Gasteiger partial charge in [0.1, 0.15) is 5.82 Å². The van der Waals surface area contributed by atoms with Gasteiger partial charge in [-0.2, -0.15) is 0 Å². The van der Waals surface area contributed by atoms with E-state index in [1.165, 1.54) is 24.3 Å². The minimum absolute atomic E-state index is 0. The zero-order chi connectivity index (χ0) is 19.6. The lowest BCUT2D eigenvalue weighted by Gasteiger charge is -2.34. The first kappa shape index (κ1) is 24.6. The monoisotopic (exact) mass is 507 g/mol. The average Bonchev–Trinajstić information content (AvgIpc) is 2.63. The molecule has 0 saturated carbocycles. The number of hydrogen-bond acceptors (Lipinski definition) is 4. The van der Waals surface area contributed by atoms with Crippen molar-refractivity contribution in [1.29, 1.82) is 0 Å². The molecule has 2 rings (SSSR count). The smallest absolute Gasteiger partial charge is 0.243 e. The van der Waals surface area contributed by atoms with Gasteiger partial charge in [-0.3, -0.25) is 14.7 Å². The second kappa shape index (κ2) is 12.9. The first-order valence-electron chi connectivity index (χ1n) is 9.30. The van der Waals surface area contributed by atoms with Gasteiger partial charge in [0.2, 0.25) is 5.91 Å². The average molecular weight is 507 g/mol. The topological polar surface area (TPSA) is 78.0 Å². The van der Waals surface area contributed by atoms with E-state index in [-0.39, 0.29) is 48.3 Å². The number of nitrogens with zero attached hydrogens (tertiary/aromatic N) is 2. The Morgan fingerprint density at radius 3 is 2.68 bits per heavy atom. The fraction of sp³-hybridized carbons (Fsp3) is 0.579. The van der Waals surface area contributed by atoms with Gasteiger partial charge in [0.15, 0.2) is 5.96 Å². The number of amides is 1. The number of hydrogen-bond donors (Lipinski definition) is 3. The summed E-state index contributed by atoms with van der Waals surface area (Å²) in [7, 11) is 1.65. The second-order valence-electron chi connectivity index (χ2n) is 7.01. The highest BCUT2D eigenvalue weighted by atomic mass is 127. The Kier molecular flexibility index (Phi) is 11.3. The molecule has 1 aromatic rings. The summed E-state index contributed by atoms with van der Waals surface area (Å²) in [6.07, 6.45) is 0.0871. The third kappa shape index (κ3) is 9.16. The normalized spacial score (nSPS) is 17.8. The molecule has 28 heavy (non-hydrogen) atoms. The Labute approximate surface area is 183 Å². The van der Waals surface area contributed by atoms with Crippen LogP contribution in [0.4, 0.5) is 10.1 Å². The van der Waals surface area contributed by atoms with Crippen molar-refractivity contribution in [3.8, 4) is 0 Å². The highest BCUT2D eigenvalue weighted by Gasteiger charge is 2.21. The second-order valence-corrected chi connectivity index (χ2v) is 7.01. The molecule has 7 nitrogen and oxygen atoms in total. The zero-order valence-corrected chi connectivity index (χ0v) is 19.0. The number of morpholine rings is 1. The van der Waals surface area contributed by atoms with E-state index in [4.69, 9.17) is 4.74 Å². The summed E-state index contributed by atoms with van der Waals surface area (Å²) in [5.74, 6) is 0.591. The van der Waals surface area contributed by atoms with E-state index in [1.807, 2.05) is 0 Å². The fourth-order valence-electron chi connectivity index (χ4n) is 2.92. The van der Waals surface area contributed by atoms with E-state index in [9.17, 15) is 9.18 Å². The SMILES string of the molecule is CN=C(NCC(=O)Nc1ccc(F)cc1)NCC1CN(CC(C)C)CCO1.I. The van der Waals surface area contributed by atoms with E-state index in [0.29, 0.717) is 24.1 Å². The minimum Gasteiger partial charge on any atom is -0.374 e. The van der Waals surface area contributed by atoms with Crippen LogP contribution < -0.4 is 16.0 Å². The molecule has 9 heteroatoms. The molecule has 158 valence electrons. The van der Waals surface area contributed by atoms with Gasteiger partial charge in [-0.15, -0.1) is 24.0 Å². The zero-order valence-electron chi connectivity index (χ0n) is 16.7. The number of rotatable bonds is 7. The van der Waals surface area contributed by atoms with Crippen molar-refractivity contribution < 1.29 is 13.9 Å². The summed E-state index contributed by atoms with van der Waals surface area (Å²) in [4.78, 5) is 18.5. The number of carbonyl (C=O) groups is 1. The van der Waals surface area contributed by atoms with Gasteiger partial charge in [-0.1, -0.05) is 13.8 Å². The molecule has 1 heterocycles. The minimum atomic E-state index is -0.340.